The number of hydrogen-bond donors (Lipinski definition) is 1. The van der Waals surface area contributed by atoms with Gasteiger partial charge >= 0.3 is 0 Å². The Labute approximate surface area is 193 Å². The van der Waals surface area contributed by atoms with Gasteiger partial charge < -0.3 is 4.74 Å². The first-order chi connectivity index (χ1) is 15.4. The molecule has 3 rings (SSSR count). The normalized spacial score (nSPS) is 12.2. The molecule has 8 heteroatoms. The summed E-state index contributed by atoms with van der Waals surface area (Å²) in [5, 5.41) is 0. The molecule has 0 aliphatic heterocycles. The number of benzene rings is 2. The van der Waals surface area contributed by atoms with Gasteiger partial charge in [0, 0.05) is 34.8 Å². The van der Waals surface area contributed by atoms with Crippen LogP contribution in [0, 0.1) is 5.82 Å². The van der Waals surface area contributed by atoms with E-state index in [0.717, 1.165) is 35.2 Å². The molecular weight excluding hydrogens is 443 g/mol. The number of anilines is 1. The van der Waals surface area contributed by atoms with Gasteiger partial charge in [-0.15, -0.1) is 0 Å². The molecule has 6 nitrogen and oxygen atoms in total. The van der Waals surface area contributed by atoms with E-state index in [0.29, 0.717) is 17.1 Å². The number of halogens is 1. The number of nitrogens with one attached hydrogen (secondary N) is 1. The van der Waals surface area contributed by atoms with Crippen molar-refractivity contribution in [2.45, 2.75) is 26.2 Å². The van der Waals surface area contributed by atoms with Gasteiger partial charge in [0.25, 0.3) is 5.56 Å². The maximum absolute atomic E-state index is 13.9. The molecule has 0 unspecified atom stereocenters. The first kappa shape index (κ1) is 24.3. The Morgan fingerprint density at radius 2 is 1.70 bits per heavy atom. The quantitative estimate of drug-likeness (QED) is 0.524. The van der Waals surface area contributed by atoms with Gasteiger partial charge in [-0.25, -0.2) is 12.8 Å². The maximum atomic E-state index is 13.9. The van der Waals surface area contributed by atoms with Gasteiger partial charge in [0.15, 0.2) is 0 Å². The van der Waals surface area contributed by atoms with E-state index < -0.39 is 15.8 Å². The highest BCUT2D eigenvalue weighted by molar-refractivity contribution is 7.92. The molecule has 0 aliphatic rings. The number of sulfonamides is 1. The largest absolute Gasteiger partial charge is 0.496 e. The molecule has 0 bridgehead atoms. The Balaban J connectivity index is 2.10. The van der Waals surface area contributed by atoms with Crippen LogP contribution in [-0.4, -0.2) is 26.4 Å². The summed E-state index contributed by atoms with van der Waals surface area (Å²) in [7, 11) is -1.77. The lowest BCUT2D eigenvalue weighted by molar-refractivity contribution is 0.396. The maximum Gasteiger partial charge on any atom is 0.255 e. The minimum Gasteiger partial charge on any atom is -0.496 e. The molecule has 0 atom stereocenters. The molecule has 174 valence electrons. The third kappa shape index (κ3) is 6.10. The summed E-state index contributed by atoms with van der Waals surface area (Å²) in [5.41, 5.74) is 2.76. The van der Waals surface area contributed by atoms with Gasteiger partial charge in [0.2, 0.25) is 10.0 Å². The van der Waals surface area contributed by atoms with E-state index in [1.54, 1.807) is 37.4 Å². The van der Waals surface area contributed by atoms with Crippen molar-refractivity contribution in [1.82, 2.24) is 4.57 Å². The minimum atomic E-state index is -3.35. The third-order valence-corrected chi connectivity index (χ3v) is 5.54. The van der Waals surface area contributed by atoms with Crippen LogP contribution in [0.4, 0.5) is 10.1 Å². The smallest absolute Gasteiger partial charge is 0.255 e. The van der Waals surface area contributed by atoms with Crippen molar-refractivity contribution in [1.29, 1.82) is 0 Å². The summed E-state index contributed by atoms with van der Waals surface area (Å²) in [4.78, 5) is 12.4. The number of aromatic nitrogens is 1. The van der Waals surface area contributed by atoms with Crippen LogP contribution >= 0.6 is 0 Å². The second-order valence-electron chi connectivity index (χ2n) is 8.75. The first-order valence-electron chi connectivity index (χ1n) is 10.2. The zero-order chi connectivity index (χ0) is 24.4. The number of hydrogen-bond acceptors (Lipinski definition) is 4. The summed E-state index contributed by atoms with van der Waals surface area (Å²) in [6.45, 7) is 6.10. The van der Waals surface area contributed by atoms with E-state index in [1.807, 2.05) is 39.0 Å². The van der Waals surface area contributed by atoms with E-state index in [9.17, 15) is 17.6 Å². The highest BCUT2D eigenvalue weighted by Crippen LogP contribution is 2.37. The topological polar surface area (TPSA) is 77.4 Å². The van der Waals surface area contributed by atoms with Crippen molar-refractivity contribution in [2.24, 2.45) is 0 Å². The molecule has 3 aromatic rings. The second-order valence-corrected chi connectivity index (χ2v) is 10.5. The van der Waals surface area contributed by atoms with Crippen LogP contribution in [0.2, 0.25) is 0 Å². The van der Waals surface area contributed by atoms with Gasteiger partial charge in [-0.05, 0) is 41.3 Å². The average molecular weight is 471 g/mol. The van der Waals surface area contributed by atoms with Crippen molar-refractivity contribution in [2.75, 3.05) is 18.1 Å². The molecule has 0 aliphatic carbocycles. The Morgan fingerprint density at radius 1 is 1.03 bits per heavy atom. The summed E-state index contributed by atoms with van der Waals surface area (Å²) < 4.78 is 46.1. The van der Waals surface area contributed by atoms with E-state index in [1.165, 1.54) is 10.6 Å². The van der Waals surface area contributed by atoms with Crippen molar-refractivity contribution in [3.63, 3.8) is 0 Å². The fourth-order valence-electron chi connectivity index (χ4n) is 3.41. The molecule has 0 saturated heterocycles. The van der Waals surface area contributed by atoms with Gasteiger partial charge in [-0.2, -0.15) is 0 Å². The van der Waals surface area contributed by atoms with Gasteiger partial charge in [-0.1, -0.05) is 45.1 Å². The zero-order valence-electron chi connectivity index (χ0n) is 19.2. The van der Waals surface area contributed by atoms with Crippen LogP contribution in [0.3, 0.4) is 0 Å². The summed E-state index contributed by atoms with van der Waals surface area (Å²) >= 11 is 0. The molecule has 0 saturated carbocycles. The molecule has 0 radical (unpaired) electrons. The highest BCUT2D eigenvalue weighted by Gasteiger charge is 2.22. The Bertz CT molecular complexity index is 1350. The number of rotatable bonds is 6. The molecule has 1 N–H and O–H groups in total. The summed E-state index contributed by atoms with van der Waals surface area (Å²) in [6.07, 6.45) is 5.96. The fourth-order valence-corrected chi connectivity index (χ4v) is 3.97. The van der Waals surface area contributed by atoms with Crippen LogP contribution in [-0.2, 0) is 15.4 Å². The molecule has 1 heterocycles. The van der Waals surface area contributed by atoms with Crippen LogP contribution in [0.5, 0.6) is 5.75 Å². The molecule has 0 spiro atoms. The van der Waals surface area contributed by atoms with E-state index >= 15 is 0 Å². The van der Waals surface area contributed by atoms with Gasteiger partial charge in [0.05, 0.1) is 13.4 Å². The monoisotopic (exact) mass is 470 g/mol. The van der Waals surface area contributed by atoms with Crippen molar-refractivity contribution < 1.29 is 17.5 Å². The number of ether oxygens (including phenoxy) is 1. The molecule has 33 heavy (non-hydrogen) atoms. The Kier molecular flexibility index (Phi) is 6.78. The summed E-state index contributed by atoms with van der Waals surface area (Å²) in [5.74, 6) is 0.143. The lowest BCUT2D eigenvalue weighted by Crippen LogP contribution is -2.19. The SMILES string of the molecule is COc1c(/C=C/c2ccc(NS(C)(=O)=O)cc2)cc(-n2cc(F)ccc2=O)cc1C(C)(C)C. The van der Waals surface area contributed by atoms with Gasteiger partial charge in [-0.3, -0.25) is 14.1 Å². The predicted octanol–water partition coefficient (Wildman–Crippen LogP) is 4.82. The van der Waals surface area contributed by atoms with Crippen LogP contribution in [0.15, 0.2) is 59.5 Å². The fraction of sp³-hybridized carbons (Fsp3) is 0.240. The van der Waals surface area contributed by atoms with Crippen LogP contribution in [0.25, 0.3) is 17.8 Å². The molecular formula is C25H27FN2O4S. The lowest BCUT2D eigenvalue weighted by atomic mass is 9.84. The molecule has 2 aromatic carbocycles. The standard InChI is InChI=1S/C25H27FN2O4S/c1-25(2,3)22-15-21(28-16-19(26)10-13-23(28)29)14-18(24(22)32-4)9-6-17-7-11-20(12-8-17)27-33(5,30)31/h6-16,27H,1-5H3/b9-6+. The average Bonchev–Trinajstić information content (AvgIpc) is 2.72. The Hall–Kier alpha value is -3.39. The van der Waals surface area contributed by atoms with E-state index in [2.05, 4.69) is 4.72 Å². The highest BCUT2D eigenvalue weighted by atomic mass is 32.2. The first-order valence-corrected chi connectivity index (χ1v) is 12.1. The van der Waals surface area contributed by atoms with E-state index in [4.69, 9.17) is 4.74 Å². The van der Waals surface area contributed by atoms with Crippen molar-refractivity contribution in [3.8, 4) is 11.4 Å². The predicted molar refractivity (Wildman–Crippen MR) is 131 cm³/mol. The number of methoxy groups -OCH3 is 1. The summed E-state index contributed by atoms with van der Waals surface area (Å²) in [6, 6.07) is 12.8. The Morgan fingerprint density at radius 3 is 2.27 bits per heavy atom. The van der Waals surface area contributed by atoms with Crippen LogP contribution < -0.4 is 15.0 Å². The van der Waals surface area contributed by atoms with Gasteiger partial charge in [0.1, 0.15) is 11.6 Å². The minimum absolute atomic E-state index is 0.306. The molecule has 0 fully saturated rings. The molecule has 1 aromatic heterocycles. The van der Waals surface area contributed by atoms with Crippen molar-refractivity contribution >= 4 is 27.9 Å². The zero-order valence-corrected chi connectivity index (χ0v) is 20.0. The van der Waals surface area contributed by atoms with E-state index in [-0.39, 0.29) is 11.0 Å². The number of pyridine rings is 1. The lowest BCUT2D eigenvalue weighted by Gasteiger charge is -2.25. The van der Waals surface area contributed by atoms with Crippen LogP contribution in [0.1, 0.15) is 37.5 Å². The number of nitrogens with zero attached hydrogens (tertiary/aromatic N) is 1. The second kappa shape index (κ2) is 9.23. The third-order valence-electron chi connectivity index (χ3n) is 4.94. The molecule has 0 amide bonds. The van der Waals surface area contributed by atoms with Crippen molar-refractivity contribution in [3.05, 3.63) is 87.6 Å².